The molecule has 27 heavy (non-hydrogen) atoms. The predicted octanol–water partition coefficient (Wildman–Crippen LogP) is 5.70. The fraction of sp³-hybridized carbons (Fsp3) is 0. The molecule has 0 atom stereocenters. The molecule has 0 saturated heterocycles. The van der Waals surface area contributed by atoms with Crippen LogP contribution in [-0.4, -0.2) is 15.9 Å². The van der Waals surface area contributed by atoms with Crippen molar-refractivity contribution in [1.82, 2.24) is 9.97 Å². The predicted molar refractivity (Wildman–Crippen MR) is 111 cm³/mol. The Labute approximate surface area is 159 Å². The van der Waals surface area contributed by atoms with Crippen LogP contribution in [0, 0.1) is 0 Å². The van der Waals surface area contributed by atoms with Crippen molar-refractivity contribution in [2.45, 2.75) is 0 Å². The van der Waals surface area contributed by atoms with Gasteiger partial charge in [-0.15, -0.1) is 11.3 Å². The second-order valence-electron chi connectivity index (χ2n) is 6.31. The van der Waals surface area contributed by atoms with Gasteiger partial charge in [-0.05, 0) is 71.4 Å². The standard InChI is InChI=1S/C22H15N3OS/c26-22(16-7-10-20-15(13-16)11-12-27-20)23-17-8-5-14(6-9-17)21-24-18-3-1-2-4-19(18)25-21/h1-13H,(H,23,26)(H,24,25). The van der Waals surface area contributed by atoms with Gasteiger partial charge in [-0.1, -0.05) is 12.1 Å². The first kappa shape index (κ1) is 15.8. The lowest BCUT2D eigenvalue weighted by molar-refractivity contribution is 0.102. The molecule has 4 nitrogen and oxygen atoms in total. The number of nitrogens with one attached hydrogen (secondary N) is 2. The molecule has 0 aliphatic carbocycles. The third-order valence-corrected chi connectivity index (χ3v) is 5.42. The van der Waals surface area contributed by atoms with Gasteiger partial charge >= 0.3 is 0 Å². The summed E-state index contributed by atoms with van der Waals surface area (Å²) in [5, 5.41) is 6.08. The number of aromatic amines is 1. The van der Waals surface area contributed by atoms with E-state index in [9.17, 15) is 4.79 Å². The molecule has 0 bridgehead atoms. The van der Waals surface area contributed by atoms with Crippen molar-refractivity contribution in [3.8, 4) is 11.4 Å². The number of aromatic nitrogens is 2. The van der Waals surface area contributed by atoms with Gasteiger partial charge in [0, 0.05) is 21.5 Å². The number of H-pyrrole nitrogens is 1. The van der Waals surface area contributed by atoms with Gasteiger partial charge in [-0.2, -0.15) is 0 Å². The lowest BCUT2D eigenvalue weighted by Gasteiger charge is -2.06. The zero-order chi connectivity index (χ0) is 18.2. The van der Waals surface area contributed by atoms with Crippen LogP contribution in [0.5, 0.6) is 0 Å². The highest BCUT2D eigenvalue weighted by Crippen LogP contribution is 2.24. The highest BCUT2D eigenvalue weighted by atomic mass is 32.1. The Kier molecular flexibility index (Phi) is 3.73. The molecule has 1 amide bonds. The molecule has 0 fully saturated rings. The van der Waals surface area contributed by atoms with Crippen molar-refractivity contribution in [3.05, 3.63) is 83.7 Å². The van der Waals surface area contributed by atoms with Gasteiger partial charge in [0.05, 0.1) is 11.0 Å². The number of hydrogen-bond acceptors (Lipinski definition) is 3. The van der Waals surface area contributed by atoms with Gasteiger partial charge in [-0.3, -0.25) is 4.79 Å². The van der Waals surface area contributed by atoms with Crippen molar-refractivity contribution in [2.75, 3.05) is 5.32 Å². The molecule has 0 spiro atoms. The Balaban J connectivity index is 1.37. The maximum atomic E-state index is 12.5. The number of fused-ring (bicyclic) bond motifs is 2. The topological polar surface area (TPSA) is 57.8 Å². The minimum Gasteiger partial charge on any atom is -0.338 e. The van der Waals surface area contributed by atoms with E-state index in [2.05, 4.69) is 15.3 Å². The molecule has 3 aromatic carbocycles. The molecule has 2 N–H and O–H groups in total. The summed E-state index contributed by atoms with van der Waals surface area (Å²) in [4.78, 5) is 20.4. The van der Waals surface area contributed by atoms with Gasteiger partial charge in [0.2, 0.25) is 0 Å². The monoisotopic (exact) mass is 369 g/mol. The summed E-state index contributed by atoms with van der Waals surface area (Å²) in [5.41, 5.74) is 4.33. The van der Waals surface area contributed by atoms with Crippen molar-refractivity contribution in [3.63, 3.8) is 0 Å². The number of carbonyl (C=O) groups excluding carboxylic acids is 1. The average Bonchev–Trinajstić information content (AvgIpc) is 3.34. The van der Waals surface area contributed by atoms with Crippen molar-refractivity contribution >= 4 is 44.1 Å². The molecule has 5 aromatic rings. The summed E-state index contributed by atoms with van der Waals surface area (Å²) >= 11 is 1.67. The van der Waals surface area contributed by atoms with Crippen LogP contribution >= 0.6 is 11.3 Å². The molecule has 0 aliphatic heterocycles. The molecule has 0 radical (unpaired) electrons. The number of benzene rings is 3. The van der Waals surface area contributed by atoms with Gasteiger partial charge < -0.3 is 10.3 Å². The Morgan fingerprint density at radius 1 is 0.963 bits per heavy atom. The number of hydrogen-bond donors (Lipinski definition) is 2. The van der Waals surface area contributed by atoms with Crippen molar-refractivity contribution < 1.29 is 4.79 Å². The highest BCUT2D eigenvalue weighted by molar-refractivity contribution is 7.17. The number of amides is 1. The van der Waals surface area contributed by atoms with Gasteiger partial charge in [0.15, 0.2) is 0 Å². The van der Waals surface area contributed by atoms with Gasteiger partial charge in [0.1, 0.15) is 5.82 Å². The first-order valence-corrected chi connectivity index (χ1v) is 9.48. The van der Waals surface area contributed by atoms with Crippen LogP contribution in [0.3, 0.4) is 0 Å². The molecule has 0 saturated carbocycles. The number of thiophene rings is 1. The van der Waals surface area contributed by atoms with E-state index in [1.165, 1.54) is 4.70 Å². The highest BCUT2D eigenvalue weighted by Gasteiger charge is 2.09. The quantitative estimate of drug-likeness (QED) is 0.429. The smallest absolute Gasteiger partial charge is 0.255 e. The molecule has 2 aromatic heterocycles. The largest absolute Gasteiger partial charge is 0.338 e. The maximum absolute atomic E-state index is 12.5. The number of anilines is 1. The fourth-order valence-corrected chi connectivity index (χ4v) is 3.88. The van der Waals surface area contributed by atoms with E-state index in [0.29, 0.717) is 5.56 Å². The normalized spacial score (nSPS) is 11.1. The summed E-state index contributed by atoms with van der Waals surface area (Å²) < 4.78 is 1.18. The fourth-order valence-electron chi connectivity index (χ4n) is 3.11. The molecular weight excluding hydrogens is 354 g/mol. The minimum absolute atomic E-state index is 0.111. The Morgan fingerprint density at radius 3 is 2.67 bits per heavy atom. The second-order valence-corrected chi connectivity index (χ2v) is 7.25. The van der Waals surface area contributed by atoms with Crippen LogP contribution in [0.15, 0.2) is 78.2 Å². The molecule has 0 aliphatic rings. The summed E-state index contributed by atoms with van der Waals surface area (Å²) in [6, 6.07) is 23.4. The van der Waals surface area contributed by atoms with Crippen molar-refractivity contribution in [1.29, 1.82) is 0 Å². The third-order valence-electron chi connectivity index (χ3n) is 4.52. The number of rotatable bonds is 3. The Hall–Kier alpha value is -3.44. The van der Waals surface area contributed by atoms with E-state index in [0.717, 1.165) is 33.5 Å². The Morgan fingerprint density at radius 2 is 1.81 bits per heavy atom. The van der Waals surface area contributed by atoms with Crippen LogP contribution in [0.2, 0.25) is 0 Å². The van der Waals surface area contributed by atoms with E-state index < -0.39 is 0 Å². The molecular formula is C22H15N3OS. The lowest BCUT2D eigenvalue weighted by atomic mass is 10.1. The summed E-state index contributed by atoms with van der Waals surface area (Å²) in [5.74, 6) is 0.705. The summed E-state index contributed by atoms with van der Waals surface area (Å²) in [6.07, 6.45) is 0. The SMILES string of the molecule is O=C(Nc1ccc(-c2nc3ccccc3[nH]2)cc1)c1ccc2sccc2c1. The zero-order valence-corrected chi connectivity index (χ0v) is 15.1. The van der Waals surface area contributed by atoms with Crippen molar-refractivity contribution in [2.24, 2.45) is 0 Å². The zero-order valence-electron chi connectivity index (χ0n) is 14.3. The Bertz CT molecular complexity index is 1230. The lowest BCUT2D eigenvalue weighted by Crippen LogP contribution is -2.11. The number of para-hydroxylation sites is 2. The molecule has 2 heterocycles. The second kappa shape index (κ2) is 6.37. The summed E-state index contributed by atoms with van der Waals surface area (Å²) in [6.45, 7) is 0. The number of imidazole rings is 1. The summed E-state index contributed by atoms with van der Waals surface area (Å²) in [7, 11) is 0. The first-order chi connectivity index (χ1) is 13.3. The molecule has 130 valence electrons. The number of carbonyl (C=O) groups is 1. The van der Waals surface area contributed by atoms with Crippen LogP contribution in [0.1, 0.15) is 10.4 Å². The van der Waals surface area contributed by atoms with Gasteiger partial charge in [0.25, 0.3) is 5.91 Å². The van der Waals surface area contributed by atoms with Crippen LogP contribution in [0.4, 0.5) is 5.69 Å². The van der Waals surface area contributed by atoms with Crippen LogP contribution in [0.25, 0.3) is 32.5 Å². The third kappa shape index (κ3) is 2.98. The first-order valence-electron chi connectivity index (χ1n) is 8.60. The average molecular weight is 369 g/mol. The molecule has 0 unspecified atom stereocenters. The van der Waals surface area contributed by atoms with E-state index >= 15 is 0 Å². The van der Waals surface area contributed by atoms with E-state index in [1.807, 2.05) is 78.2 Å². The van der Waals surface area contributed by atoms with Gasteiger partial charge in [-0.25, -0.2) is 4.98 Å². The molecule has 5 heteroatoms. The van der Waals surface area contributed by atoms with E-state index in [4.69, 9.17) is 0 Å². The minimum atomic E-state index is -0.111. The number of nitrogens with zero attached hydrogens (tertiary/aromatic N) is 1. The van der Waals surface area contributed by atoms with Crippen LogP contribution < -0.4 is 5.32 Å². The maximum Gasteiger partial charge on any atom is 0.255 e. The molecule has 5 rings (SSSR count). The van der Waals surface area contributed by atoms with Crippen LogP contribution in [-0.2, 0) is 0 Å². The van der Waals surface area contributed by atoms with E-state index in [1.54, 1.807) is 11.3 Å². The van der Waals surface area contributed by atoms with E-state index in [-0.39, 0.29) is 5.91 Å².